The fraction of sp³-hybridized carbons (Fsp3) is 0.750. The number of anilines is 2. The Balaban J connectivity index is 2.45. The minimum absolute atomic E-state index is 0.341. The summed E-state index contributed by atoms with van der Waals surface area (Å²) in [4.78, 5) is 12.1. The molecular weight excluding hydrogens is 280 g/mol. The van der Waals surface area contributed by atoms with Gasteiger partial charge in [-0.1, -0.05) is 20.8 Å². The van der Waals surface area contributed by atoms with E-state index in [9.17, 15) is 0 Å². The SMILES string of the molecule is CCNc1nc(C(C)C)nc(N2CCSC(C)C2C)c1C. The molecule has 1 aromatic heterocycles. The highest BCUT2D eigenvalue weighted by molar-refractivity contribution is 8.00. The van der Waals surface area contributed by atoms with Gasteiger partial charge in [0, 0.05) is 41.6 Å². The first-order chi connectivity index (χ1) is 9.95. The molecule has 0 spiro atoms. The van der Waals surface area contributed by atoms with E-state index in [1.807, 2.05) is 0 Å². The molecule has 21 heavy (non-hydrogen) atoms. The van der Waals surface area contributed by atoms with Crippen molar-refractivity contribution in [2.45, 2.75) is 58.8 Å². The summed E-state index contributed by atoms with van der Waals surface area (Å²) in [5, 5.41) is 4.03. The number of aromatic nitrogens is 2. The van der Waals surface area contributed by atoms with Crippen molar-refractivity contribution >= 4 is 23.4 Å². The van der Waals surface area contributed by atoms with Crippen molar-refractivity contribution in [3.05, 3.63) is 11.4 Å². The van der Waals surface area contributed by atoms with E-state index < -0.39 is 0 Å². The average molecular weight is 308 g/mol. The van der Waals surface area contributed by atoms with Crippen molar-refractivity contribution < 1.29 is 0 Å². The molecule has 1 fully saturated rings. The molecule has 2 unspecified atom stereocenters. The number of nitrogens with zero attached hydrogens (tertiary/aromatic N) is 3. The molecule has 5 heteroatoms. The van der Waals surface area contributed by atoms with Crippen LogP contribution in [0, 0.1) is 6.92 Å². The molecule has 0 radical (unpaired) electrons. The van der Waals surface area contributed by atoms with Crippen LogP contribution in [0.25, 0.3) is 0 Å². The van der Waals surface area contributed by atoms with E-state index in [4.69, 9.17) is 9.97 Å². The van der Waals surface area contributed by atoms with Crippen LogP contribution in [0.3, 0.4) is 0 Å². The van der Waals surface area contributed by atoms with Gasteiger partial charge in [0.1, 0.15) is 17.5 Å². The second-order valence-corrected chi connectivity index (χ2v) is 7.56. The summed E-state index contributed by atoms with van der Waals surface area (Å²) in [7, 11) is 0. The Hall–Kier alpha value is -0.970. The molecule has 1 aliphatic rings. The van der Waals surface area contributed by atoms with Crippen LogP contribution in [0.1, 0.15) is 51.9 Å². The average Bonchev–Trinajstić information content (AvgIpc) is 2.44. The summed E-state index contributed by atoms with van der Waals surface area (Å²) in [6.07, 6.45) is 0. The minimum atomic E-state index is 0.341. The number of hydrogen-bond donors (Lipinski definition) is 1. The molecule has 0 aromatic carbocycles. The maximum absolute atomic E-state index is 4.89. The van der Waals surface area contributed by atoms with Crippen LogP contribution in [0.2, 0.25) is 0 Å². The summed E-state index contributed by atoms with van der Waals surface area (Å²) >= 11 is 2.05. The summed E-state index contributed by atoms with van der Waals surface area (Å²) in [6.45, 7) is 15.1. The first kappa shape index (κ1) is 16.4. The van der Waals surface area contributed by atoms with E-state index in [0.29, 0.717) is 17.2 Å². The van der Waals surface area contributed by atoms with Gasteiger partial charge in [0.15, 0.2) is 0 Å². The predicted octanol–water partition coefficient (Wildman–Crippen LogP) is 3.67. The first-order valence-electron chi connectivity index (χ1n) is 7.96. The molecule has 1 N–H and O–H groups in total. The quantitative estimate of drug-likeness (QED) is 0.919. The maximum Gasteiger partial charge on any atom is 0.137 e. The molecule has 0 saturated carbocycles. The Morgan fingerprint density at radius 3 is 2.67 bits per heavy atom. The number of hydrogen-bond acceptors (Lipinski definition) is 5. The Bertz CT molecular complexity index is 489. The normalized spacial score (nSPS) is 22.7. The van der Waals surface area contributed by atoms with Gasteiger partial charge in [0.25, 0.3) is 0 Å². The van der Waals surface area contributed by atoms with Crippen molar-refractivity contribution in [1.82, 2.24) is 9.97 Å². The molecular formula is C16H28N4S. The van der Waals surface area contributed by atoms with Gasteiger partial charge in [0.05, 0.1) is 0 Å². The Kier molecular flexibility index (Phi) is 5.36. The van der Waals surface area contributed by atoms with Crippen molar-refractivity contribution in [2.24, 2.45) is 0 Å². The third kappa shape index (κ3) is 3.44. The summed E-state index contributed by atoms with van der Waals surface area (Å²) in [5.41, 5.74) is 1.17. The minimum Gasteiger partial charge on any atom is -0.370 e. The van der Waals surface area contributed by atoms with Gasteiger partial charge < -0.3 is 10.2 Å². The lowest BCUT2D eigenvalue weighted by Gasteiger charge is -2.39. The van der Waals surface area contributed by atoms with E-state index in [-0.39, 0.29) is 0 Å². The summed E-state index contributed by atoms with van der Waals surface area (Å²) < 4.78 is 0. The van der Waals surface area contributed by atoms with E-state index in [2.05, 4.69) is 63.5 Å². The summed E-state index contributed by atoms with van der Waals surface area (Å²) in [6, 6.07) is 0.506. The van der Waals surface area contributed by atoms with Crippen LogP contribution in [0.4, 0.5) is 11.6 Å². The summed E-state index contributed by atoms with van der Waals surface area (Å²) in [5.74, 6) is 4.55. The molecule has 1 aliphatic heterocycles. The van der Waals surface area contributed by atoms with Gasteiger partial charge in [-0.2, -0.15) is 11.8 Å². The topological polar surface area (TPSA) is 41.1 Å². The van der Waals surface area contributed by atoms with Gasteiger partial charge in [-0.25, -0.2) is 9.97 Å². The van der Waals surface area contributed by atoms with Gasteiger partial charge in [-0.15, -0.1) is 0 Å². The lowest BCUT2D eigenvalue weighted by atomic mass is 10.1. The maximum atomic E-state index is 4.89. The van der Waals surface area contributed by atoms with Gasteiger partial charge >= 0.3 is 0 Å². The van der Waals surface area contributed by atoms with Crippen LogP contribution in [0.5, 0.6) is 0 Å². The molecule has 0 aliphatic carbocycles. The Morgan fingerprint density at radius 1 is 1.33 bits per heavy atom. The van der Waals surface area contributed by atoms with Gasteiger partial charge in [-0.05, 0) is 20.8 Å². The molecule has 4 nitrogen and oxygen atoms in total. The molecule has 2 heterocycles. The van der Waals surface area contributed by atoms with Crippen LogP contribution in [-0.4, -0.2) is 40.1 Å². The largest absolute Gasteiger partial charge is 0.370 e. The van der Waals surface area contributed by atoms with Gasteiger partial charge in [-0.3, -0.25) is 0 Å². The lowest BCUT2D eigenvalue weighted by molar-refractivity contribution is 0.613. The third-order valence-corrected chi connectivity index (χ3v) is 5.49. The second-order valence-electron chi connectivity index (χ2n) is 6.07. The lowest BCUT2D eigenvalue weighted by Crippen LogP contribution is -2.45. The molecule has 1 saturated heterocycles. The highest BCUT2D eigenvalue weighted by atomic mass is 32.2. The van der Waals surface area contributed by atoms with E-state index in [0.717, 1.165) is 30.5 Å². The number of nitrogens with one attached hydrogen (secondary N) is 1. The molecule has 1 aromatic rings. The zero-order valence-electron chi connectivity index (χ0n) is 14.1. The van der Waals surface area contributed by atoms with Crippen molar-refractivity contribution in [1.29, 1.82) is 0 Å². The molecule has 0 amide bonds. The first-order valence-corrected chi connectivity index (χ1v) is 9.01. The van der Waals surface area contributed by atoms with E-state index >= 15 is 0 Å². The smallest absolute Gasteiger partial charge is 0.137 e. The Morgan fingerprint density at radius 2 is 2.05 bits per heavy atom. The third-order valence-electron chi connectivity index (χ3n) is 4.15. The van der Waals surface area contributed by atoms with Crippen molar-refractivity contribution in [3.63, 3.8) is 0 Å². The van der Waals surface area contributed by atoms with Crippen LogP contribution in [0.15, 0.2) is 0 Å². The monoisotopic (exact) mass is 308 g/mol. The molecule has 2 rings (SSSR count). The highest BCUT2D eigenvalue weighted by Gasteiger charge is 2.28. The van der Waals surface area contributed by atoms with E-state index in [1.165, 1.54) is 11.3 Å². The Labute approximate surface area is 133 Å². The predicted molar refractivity (Wildman–Crippen MR) is 93.7 cm³/mol. The molecule has 2 atom stereocenters. The van der Waals surface area contributed by atoms with Gasteiger partial charge in [0.2, 0.25) is 0 Å². The second kappa shape index (κ2) is 6.86. The fourth-order valence-corrected chi connectivity index (χ4v) is 3.73. The van der Waals surface area contributed by atoms with Crippen molar-refractivity contribution in [2.75, 3.05) is 29.1 Å². The van der Waals surface area contributed by atoms with E-state index in [1.54, 1.807) is 0 Å². The highest BCUT2D eigenvalue weighted by Crippen LogP contribution is 2.32. The fourth-order valence-electron chi connectivity index (χ4n) is 2.63. The van der Waals surface area contributed by atoms with Crippen LogP contribution < -0.4 is 10.2 Å². The number of thioether (sulfide) groups is 1. The standard InChI is InChI=1S/C16H28N4S/c1-7-17-15-11(4)16(19-14(18-15)10(2)3)20-8-9-21-13(6)12(20)5/h10,12-13H,7-9H2,1-6H3,(H,17,18,19). The zero-order chi connectivity index (χ0) is 15.6. The van der Waals surface area contributed by atoms with Crippen LogP contribution >= 0.6 is 11.8 Å². The number of rotatable bonds is 4. The van der Waals surface area contributed by atoms with Crippen LogP contribution in [-0.2, 0) is 0 Å². The zero-order valence-corrected chi connectivity index (χ0v) is 14.9. The molecule has 118 valence electrons. The van der Waals surface area contributed by atoms with Crippen molar-refractivity contribution in [3.8, 4) is 0 Å². The molecule has 0 bridgehead atoms.